The highest BCUT2D eigenvalue weighted by molar-refractivity contribution is 6.35. The van der Waals surface area contributed by atoms with Crippen molar-refractivity contribution in [3.63, 3.8) is 0 Å². The van der Waals surface area contributed by atoms with Gasteiger partial charge in [0.1, 0.15) is 6.10 Å². The Morgan fingerprint density at radius 3 is 2.61 bits per heavy atom. The van der Waals surface area contributed by atoms with Gasteiger partial charge in [-0.1, -0.05) is 35.7 Å². The van der Waals surface area contributed by atoms with E-state index in [-0.39, 0.29) is 18.5 Å². The first-order valence-electron chi connectivity index (χ1n) is 6.28. The Balaban J connectivity index is 1.90. The van der Waals surface area contributed by atoms with Crippen LogP contribution in [0, 0.1) is 0 Å². The van der Waals surface area contributed by atoms with Gasteiger partial charge in [-0.05, 0) is 43.4 Å². The van der Waals surface area contributed by atoms with Gasteiger partial charge in [-0.3, -0.25) is 4.79 Å². The molecule has 1 aliphatic rings. The first kappa shape index (κ1) is 13.7. The molecule has 1 aromatic carbocycles. The van der Waals surface area contributed by atoms with Gasteiger partial charge in [-0.25, -0.2) is 0 Å². The number of rotatable bonds is 3. The minimum atomic E-state index is -0.203. The number of benzene rings is 1. The predicted molar refractivity (Wildman–Crippen MR) is 73.1 cm³/mol. The second-order valence-corrected chi connectivity index (χ2v) is 5.51. The Morgan fingerprint density at radius 2 is 1.94 bits per heavy atom. The van der Waals surface area contributed by atoms with Crippen LogP contribution in [0.15, 0.2) is 18.2 Å². The Morgan fingerprint density at radius 1 is 1.22 bits per heavy atom. The molecule has 0 unspecified atom stereocenters. The van der Waals surface area contributed by atoms with E-state index in [9.17, 15) is 4.79 Å². The van der Waals surface area contributed by atoms with Gasteiger partial charge in [-0.2, -0.15) is 0 Å². The lowest BCUT2D eigenvalue weighted by Gasteiger charge is -2.21. The molecule has 0 N–H and O–H groups in total. The molecule has 4 heteroatoms. The van der Waals surface area contributed by atoms with Crippen LogP contribution in [-0.2, 0) is 16.0 Å². The van der Waals surface area contributed by atoms with Crippen molar-refractivity contribution in [1.29, 1.82) is 0 Å². The molecule has 0 bridgehead atoms. The summed E-state index contributed by atoms with van der Waals surface area (Å²) in [5.74, 6) is -0.203. The molecule has 0 atom stereocenters. The minimum Gasteiger partial charge on any atom is -0.462 e. The number of carbonyl (C=O) groups is 1. The molecule has 0 radical (unpaired) electrons. The maximum Gasteiger partial charge on any atom is 0.310 e. The van der Waals surface area contributed by atoms with E-state index in [0.29, 0.717) is 10.0 Å². The van der Waals surface area contributed by atoms with E-state index in [1.807, 2.05) is 0 Å². The highest BCUT2D eigenvalue weighted by Gasteiger charge is 2.18. The zero-order chi connectivity index (χ0) is 13.0. The van der Waals surface area contributed by atoms with E-state index in [1.54, 1.807) is 18.2 Å². The summed E-state index contributed by atoms with van der Waals surface area (Å²) in [5.41, 5.74) is 0.766. The molecule has 0 amide bonds. The van der Waals surface area contributed by atoms with Gasteiger partial charge in [0.05, 0.1) is 6.42 Å². The van der Waals surface area contributed by atoms with Crippen molar-refractivity contribution in [2.24, 2.45) is 0 Å². The van der Waals surface area contributed by atoms with Crippen molar-refractivity contribution in [1.82, 2.24) is 0 Å². The minimum absolute atomic E-state index is 0.0947. The summed E-state index contributed by atoms with van der Waals surface area (Å²) in [6.07, 6.45) is 5.83. The number of ether oxygens (including phenoxy) is 1. The average molecular weight is 287 g/mol. The summed E-state index contributed by atoms with van der Waals surface area (Å²) >= 11 is 11.8. The summed E-state index contributed by atoms with van der Waals surface area (Å²) in [4.78, 5) is 11.8. The summed E-state index contributed by atoms with van der Waals surface area (Å²) in [6, 6.07) is 5.15. The lowest BCUT2D eigenvalue weighted by molar-refractivity contribution is -0.149. The Kier molecular flexibility index (Phi) is 4.90. The standard InChI is InChI=1S/C14H16Cl2O2/c15-11-7-6-10(13(16)9-11)8-14(17)18-12-4-2-1-3-5-12/h6-7,9,12H,1-5,8H2. The van der Waals surface area contributed by atoms with Crippen molar-refractivity contribution in [2.45, 2.75) is 44.6 Å². The van der Waals surface area contributed by atoms with Crippen LogP contribution in [0.2, 0.25) is 10.0 Å². The zero-order valence-corrected chi connectivity index (χ0v) is 11.6. The first-order valence-corrected chi connectivity index (χ1v) is 7.04. The summed E-state index contributed by atoms with van der Waals surface area (Å²) in [6.45, 7) is 0. The third-order valence-electron chi connectivity index (χ3n) is 3.20. The topological polar surface area (TPSA) is 26.3 Å². The molecule has 0 aliphatic heterocycles. The molecule has 0 aromatic heterocycles. The van der Waals surface area contributed by atoms with Crippen LogP contribution in [0.1, 0.15) is 37.7 Å². The fourth-order valence-electron chi connectivity index (χ4n) is 2.23. The highest BCUT2D eigenvalue weighted by Crippen LogP contribution is 2.23. The van der Waals surface area contributed by atoms with E-state index in [1.165, 1.54) is 6.42 Å². The molecule has 1 saturated carbocycles. The number of hydrogen-bond donors (Lipinski definition) is 0. The smallest absolute Gasteiger partial charge is 0.310 e. The van der Waals surface area contributed by atoms with E-state index in [2.05, 4.69) is 0 Å². The molecule has 0 saturated heterocycles. The van der Waals surface area contributed by atoms with Crippen molar-refractivity contribution in [3.8, 4) is 0 Å². The lowest BCUT2D eigenvalue weighted by Crippen LogP contribution is -2.22. The van der Waals surface area contributed by atoms with Crippen LogP contribution in [0.25, 0.3) is 0 Å². The molecular weight excluding hydrogens is 271 g/mol. The highest BCUT2D eigenvalue weighted by atomic mass is 35.5. The Labute approximate surface area is 117 Å². The molecule has 98 valence electrons. The van der Waals surface area contributed by atoms with Gasteiger partial charge >= 0.3 is 5.97 Å². The summed E-state index contributed by atoms with van der Waals surface area (Å²) in [7, 11) is 0. The predicted octanol–water partition coefficient (Wildman–Crippen LogP) is 4.41. The van der Waals surface area contributed by atoms with E-state index >= 15 is 0 Å². The maximum atomic E-state index is 11.8. The average Bonchev–Trinajstić information content (AvgIpc) is 2.34. The third-order valence-corrected chi connectivity index (χ3v) is 3.79. The molecule has 2 rings (SSSR count). The van der Waals surface area contributed by atoms with Crippen LogP contribution in [0.4, 0.5) is 0 Å². The molecule has 0 spiro atoms. The molecule has 1 aliphatic carbocycles. The summed E-state index contributed by atoms with van der Waals surface area (Å²) < 4.78 is 5.45. The molecule has 2 nitrogen and oxygen atoms in total. The van der Waals surface area contributed by atoms with Crippen LogP contribution in [-0.4, -0.2) is 12.1 Å². The largest absolute Gasteiger partial charge is 0.462 e. The van der Waals surface area contributed by atoms with Crippen molar-refractivity contribution < 1.29 is 9.53 Å². The quantitative estimate of drug-likeness (QED) is 0.770. The van der Waals surface area contributed by atoms with E-state index < -0.39 is 0 Å². The number of halogens is 2. The number of esters is 1. The summed E-state index contributed by atoms with van der Waals surface area (Å²) in [5, 5.41) is 1.09. The van der Waals surface area contributed by atoms with Crippen LogP contribution in [0.5, 0.6) is 0 Å². The molecule has 1 aromatic rings. The normalized spacial score (nSPS) is 16.6. The van der Waals surface area contributed by atoms with Crippen molar-refractivity contribution in [2.75, 3.05) is 0 Å². The monoisotopic (exact) mass is 286 g/mol. The van der Waals surface area contributed by atoms with E-state index in [0.717, 1.165) is 31.2 Å². The van der Waals surface area contributed by atoms with Gasteiger partial charge in [0.15, 0.2) is 0 Å². The third kappa shape index (κ3) is 3.89. The molecular formula is C14H16Cl2O2. The fraction of sp³-hybridized carbons (Fsp3) is 0.500. The second kappa shape index (κ2) is 6.44. The van der Waals surface area contributed by atoms with Gasteiger partial charge < -0.3 is 4.74 Å². The van der Waals surface area contributed by atoms with Gasteiger partial charge in [0.25, 0.3) is 0 Å². The van der Waals surface area contributed by atoms with Gasteiger partial charge in [-0.15, -0.1) is 0 Å². The zero-order valence-electron chi connectivity index (χ0n) is 10.1. The van der Waals surface area contributed by atoms with Crippen molar-refractivity contribution >= 4 is 29.2 Å². The van der Waals surface area contributed by atoms with Crippen LogP contribution < -0.4 is 0 Å². The fourth-order valence-corrected chi connectivity index (χ4v) is 2.71. The Bertz CT molecular complexity index is 426. The van der Waals surface area contributed by atoms with Crippen LogP contribution in [0.3, 0.4) is 0 Å². The molecule has 1 fully saturated rings. The lowest BCUT2D eigenvalue weighted by atomic mass is 9.98. The molecule has 18 heavy (non-hydrogen) atoms. The van der Waals surface area contributed by atoms with Crippen molar-refractivity contribution in [3.05, 3.63) is 33.8 Å². The Hall–Kier alpha value is -0.730. The number of carbonyl (C=O) groups excluding carboxylic acids is 1. The second-order valence-electron chi connectivity index (χ2n) is 4.66. The van der Waals surface area contributed by atoms with Gasteiger partial charge in [0.2, 0.25) is 0 Å². The SMILES string of the molecule is O=C(Cc1ccc(Cl)cc1Cl)OC1CCCCC1. The van der Waals surface area contributed by atoms with E-state index in [4.69, 9.17) is 27.9 Å². The van der Waals surface area contributed by atoms with Gasteiger partial charge in [0, 0.05) is 10.0 Å². The van der Waals surface area contributed by atoms with Crippen LogP contribution >= 0.6 is 23.2 Å². The molecule has 0 heterocycles. The number of hydrogen-bond acceptors (Lipinski definition) is 2. The maximum absolute atomic E-state index is 11.8. The first-order chi connectivity index (χ1) is 8.65.